The third-order valence-corrected chi connectivity index (χ3v) is 3.34. The first kappa shape index (κ1) is 15.3. The second-order valence-electron chi connectivity index (χ2n) is 4.73. The number of urea groups is 1. The molecule has 2 rings (SSSR count). The summed E-state index contributed by atoms with van der Waals surface area (Å²) in [5, 5.41) is 6.22. The Morgan fingerprint density at radius 2 is 1.76 bits per heavy atom. The van der Waals surface area contributed by atoms with Crippen LogP contribution in [0.1, 0.15) is 24.1 Å². The summed E-state index contributed by atoms with van der Waals surface area (Å²) < 4.78 is 12.8. The Hall–Kier alpha value is -2.07. The van der Waals surface area contributed by atoms with Crippen molar-refractivity contribution in [3.63, 3.8) is 0 Å². The molecule has 0 aliphatic carbocycles. The fourth-order valence-corrected chi connectivity index (χ4v) is 1.99. The monoisotopic (exact) mass is 306 g/mol. The molecule has 0 saturated carbocycles. The zero-order valence-electron chi connectivity index (χ0n) is 11.6. The third kappa shape index (κ3) is 4.76. The quantitative estimate of drug-likeness (QED) is 0.879. The maximum Gasteiger partial charge on any atom is 0.315 e. The van der Waals surface area contributed by atoms with Gasteiger partial charge >= 0.3 is 6.03 Å². The summed E-state index contributed by atoms with van der Waals surface area (Å²) in [5.74, 6) is -0.293. The second kappa shape index (κ2) is 7.09. The first-order valence-corrected chi connectivity index (χ1v) is 6.96. The Bertz CT molecular complexity index is 599. The van der Waals surface area contributed by atoms with Crippen molar-refractivity contribution in [2.45, 2.75) is 19.5 Å². The molecule has 0 radical (unpaired) electrons. The van der Waals surface area contributed by atoms with E-state index in [1.165, 1.54) is 12.1 Å². The zero-order valence-corrected chi connectivity index (χ0v) is 12.3. The van der Waals surface area contributed by atoms with E-state index in [1.54, 1.807) is 24.3 Å². The average Bonchev–Trinajstić information content (AvgIpc) is 2.47. The van der Waals surface area contributed by atoms with Gasteiger partial charge in [-0.1, -0.05) is 35.9 Å². The number of hydrogen-bond acceptors (Lipinski definition) is 1. The van der Waals surface area contributed by atoms with Gasteiger partial charge in [-0.2, -0.15) is 0 Å². The lowest BCUT2D eigenvalue weighted by Gasteiger charge is -2.15. The zero-order chi connectivity index (χ0) is 15.2. The predicted octanol–water partition coefficient (Wildman–Crippen LogP) is 4.04. The summed E-state index contributed by atoms with van der Waals surface area (Å²) in [4.78, 5) is 11.8. The molecule has 1 atom stereocenters. The molecule has 0 heterocycles. The van der Waals surface area contributed by atoms with E-state index in [4.69, 9.17) is 11.6 Å². The molecule has 0 saturated heterocycles. The van der Waals surface area contributed by atoms with Crippen molar-refractivity contribution in [1.29, 1.82) is 0 Å². The second-order valence-corrected chi connectivity index (χ2v) is 5.16. The molecule has 0 bridgehead atoms. The first-order chi connectivity index (χ1) is 10.0. The van der Waals surface area contributed by atoms with Crippen LogP contribution in [0.3, 0.4) is 0 Å². The summed E-state index contributed by atoms with van der Waals surface area (Å²) in [6.07, 6.45) is 0. The molecule has 21 heavy (non-hydrogen) atoms. The van der Waals surface area contributed by atoms with Gasteiger partial charge < -0.3 is 10.6 Å². The van der Waals surface area contributed by atoms with E-state index in [2.05, 4.69) is 10.6 Å². The summed E-state index contributed by atoms with van der Waals surface area (Å²) >= 11 is 5.80. The van der Waals surface area contributed by atoms with Crippen molar-refractivity contribution in [2.75, 3.05) is 0 Å². The van der Waals surface area contributed by atoms with Gasteiger partial charge in [0.15, 0.2) is 0 Å². The van der Waals surface area contributed by atoms with Gasteiger partial charge in [0.25, 0.3) is 0 Å². The van der Waals surface area contributed by atoms with Crippen molar-refractivity contribution in [3.05, 3.63) is 70.5 Å². The normalized spacial score (nSPS) is 11.8. The molecule has 2 aromatic rings. The van der Waals surface area contributed by atoms with Crippen LogP contribution in [0.15, 0.2) is 48.5 Å². The van der Waals surface area contributed by atoms with E-state index in [1.807, 2.05) is 19.1 Å². The average molecular weight is 307 g/mol. The van der Waals surface area contributed by atoms with E-state index in [0.29, 0.717) is 11.6 Å². The van der Waals surface area contributed by atoms with E-state index in [0.717, 1.165) is 11.1 Å². The van der Waals surface area contributed by atoms with Crippen LogP contribution < -0.4 is 10.6 Å². The number of halogens is 2. The molecule has 110 valence electrons. The highest BCUT2D eigenvalue weighted by molar-refractivity contribution is 6.30. The van der Waals surface area contributed by atoms with Crippen LogP contribution in [0.25, 0.3) is 0 Å². The molecule has 2 amide bonds. The molecular formula is C16H16ClFN2O. The molecule has 2 N–H and O–H groups in total. The fraction of sp³-hybridized carbons (Fsp3) is 0.188. The topological polar surface area (TPSA) is 41.1 Å². The van der Waals surface area contributed by atoms with Crippen molar-refractivity contribution in [3.8, 4) is 0 Å². The van der Waals surface area contributed by atoms with Crippen molar-refractivity contribution >= 4 is 17.6 Å². The van der Waals surface area contributed by atoms with Gasteiger partial charge in [-0.15, -0.1) is 0 Å². The molecule has 3 nitrogen and oxygen atoms in total. The number of benzene rings is 2. The number of amides is 2. The summed E-state index contributed by atoms with van der Waals surface area (Å²) in [7, 11) is 0. The smallest absolute Gasteiger partial charge is 0.315 e. The SMILES string of the molecule is CC(NC(=O)NCc1ccc(Cl)cc1)c1ccc(F)cc1. The number of carbonyl (C=O) groups is 1. The molecule has 2 aromatic carbocycles. The van der Waals surface area contributed by atoms with Crippen LogP contribution >= 0.6 is 11.6 Å². The highest BCUT2D eigenvalue weighted by Gasteiger charge is 2.09. The summed E-state index contributed by atoms with van der Waals surface area (Å²) in [6, 6.07) is 12.8. The lowest BCUT2D eigenvalue weighted by molar-refractivity contribution is 0.237. The van der Waals surface area contributed by atoms with Crippen LogP contribution in [-0.2, 0) is 6.54 Å². The third-order valence-electron chi connectivity index (χ3n) is 3.08. The molecule has 0 aliphatic heterocycles. The largest absolute Gasteiger partial charge is 0.334 e. The molecule has 0 fully saturated rings. The summed E-state index contributed by atoms with van der Waals surface area (Å²) in [6.45, 7) is 2.26. The van der Waals surface area contributed by atoms with Crippen LogP contribution in [0.2, 0.25) is 5.02 Å². The van der Waals surface area contributed by atoms with Crippen molar-refractivity contribution in [2.24, 2.45) is 0 Å². The highest BCUT2D eigenvalue weighted by atomic mass is 35.5. The Kier molecular flexibility index (Phi) is 5.17. The van der Waals surface area contributed by atoms with Gasteiger partial charge in [-0.25, -0.2) is 9.18 Å². The maximum absolute atomic E-state index is 12.8. The van der Waals surface area contributed by atoms with Crippen molar-refractivity contribution in [1.82, 2.24) is 10.6 Å². The number of rotatable bonds is 4. The van der Waals surface area contributed by atoms with Crippen LogP contribution in [0, 0.1) is 5.82 Å². The summed E-state index contributed by atoms with van der Waals surface area (Å²) in [5.41, 5.74) is 1.81. The van der Waals surface area contributed by atoms with Gasteiger partial charge in [0.2, 0.25) is 0 Å². The van der Waals surface area contributed by atoms with E-state index < -0.39 is 0 Å². The van der Waals surface area contributed by atoms with Gasteiger partial charge in [0, 0.05) is 11.6 Å². The molecule has 5 heteroatoms. The Morgan fingerprint density at radius 1 is 1.14 bits per heavy atom. The van der Waals surface area contributed by atoms with Gasteiger partial charge in [0.05, 0.1) is 6.04 Å². The molecule has 0 aromatic heterocycles. The lowest BCUT2D eigenvalue weighted by atomic mass is 10.1. The molecule has 0 aliphatic rings. The van der Waals surface area contributed by atoms with Gasteiger partial charge in [-0.3, -0.25) is 0 Å². The Balaban J connectivity index is 1.83. The number of nitrogens with one attached hydrogen (secondary N) is 2. The van der Waals surface area contributed by atoms with E-state index in [9.17, 15) is 9.18 Å². The predicted molar refractivity (Wildman–Crippen MR) is 81.6 cm³/mol. The van der Waals surface area contributed by atoms with Crippen LogP contribution in [-0.4, -0.2) is 6.03 Å². The van der Waals surface area contributed by atoms with Crippen molar-refractivity contribution < 1.29 is 9.18 Å². The maximum atomic E-state index is 12.8. The van der Waals surface area contributed by atoms with Crippen LogP contribution in [0.4, 0.5) is 9.18 Å². The highest BCUT2D eigenvalue weighted by Crippen LogP contribution is 2.13. The molecule has 0 spiro atoms. The minimum Gasteiger partial charge on any atom is -0.334 e. The van der Waals surface area contributed by atoms with Gasteiger partial charge in [-0.05, 0) is 42.3 Å². The number of hydrogen-bond donors (Lipinski definition) is 2. The Labute approximate surface area is 128 Å². The minimum atomic E-state index is -0.293. The first-order valence-electron chi connectivity index (χ1n) is 6.59. The fourth-order valence-electron chi connectivity index (χ4n) is 1.87. The lowest BCUT2D eigenvalue weighted by Crippen LogP contribution is -2.36. The standard InChI is InChI=1S/C16H16ClFN2O/c1-11(13-4-8-15(18)9-5-13)20-16(21)19-10-12-2-6-14(17)7-3-12/h2-9,11H,10H2,1H3,(H2,19,20,21). The Morgan fingerprint density at radius 3 is 2.38 bits per heavy atom. The van der Waals surface area contributed by atoms with E-state index >= 15 is 0 Å². The molecular weight excluding hydrogens is 291 g/mol. The minimum absolute atomic E-state index is 0.198. The van der Waals surface area contributed by atoms with Crippen LogP contribution in [0.5, 0.6) is 0 Å². The molecule has 1 unspecified atom stereocenters. The van der Waals surface area contributed by atoms with E-state index in [-0.39, 0.29) is 17.9 Å². The number of carbonyl (C=O) groups excluding carboxylic acids is 1. The van der Waals surface area contributed by atoms with Gasteiger partial charge in [0.1, 0.15) is 5.82 Å².